The highest BCUT2D eigenvalue weighted by Gasteiger charge is 2.24. The van der Waals surface area contributed by atoms with E-state index in [9.17, 15) is 0 Å². The van der Waals surface area contributed by atoms with Crippen molar-refractivity contribution in [3.05, 3.63) is 170 Å². The van der Waals surface area contributed by atoms with Crippen molar-refractivity contribution in [3.63, 3.8) is 0 Å². The Balaban J connectivity index is 1.22. The number of hydrogen-bond donors (Lipinski definition) is 1. The zero-order valence-electron chi connectivity index (χ0n) is 27.1. The van der Waals surface area contributed by atoms with Crippen molar-refractivity contribution < 1.29 is 4.42 Å². The second-order valence-electron chi connectivity index (χ2n) is 13.3. The van der Waals surface area contributed by atoms with Crippen molar-refractivity contribution >= 4 is 76.1 Å². The Morgan fingerprint density at radius 1 is 0.340 bits per heavy atom. The van der Waals surface area contributed by atoms with Gasteiger partial charge in [0.05, 0.1) is 11.1 Å². The van der Waals surface area contributed by atoms with E-state index in [2.05, 4.69) is 175 Å². The Labute approximate surface area is 287 Å². The number of furan rings is 1. The number of benzene rings is 9. The minimum Gasteiger partial charge on any atom is -0.455 e. The fraction of sp³-hybridized carbons (Fsp3) is 0. The minimum absolute atomic E-state index is 0.900. The molecule has 2 nitrogen and oxygen atoms in total. The van der Waals surface area contributed by atoms with E-state index in [0.717, 1.165) is 38.5 Å². The van der Waals surface area contributed by atoms with Gasteiger partial charge in [-0.05, 0) is 78.8 Å². The number of fused-ring (bicyclic) bond motifs is 9. The first-order chi connectivity index (χ1) is 24.8. The Morgan fingerprint density at radius 2 is 0.900 bits per heavy atom. The Kier molecular flexibility index (Phi) is 5.70. The average molecular weight is 636 g/mol. The van der Waals surface area contributed by atoms with Gasteiger partial charge >= 0.3 is 0 Å². The predicted octanol–water partition coefficient (Wildman–Crippen LogP) is 13.7. The van der Waals surface area contributed by atoms with Gasteiger partial charge in [-0.1, -0.05) is 146 Å². The lowest BCUT2D eigenvalue weighted by Gasteiger charge is -2.18. The first-order valence-corrected chi connectivity index (χ1v) is 17.2. The molecule has 0 saturated carbocycles. The molecule has 0 spiro atoms. The van der Waals surface area contributed by atoms with Crippen molar-refractivity contribution in [2.75, 3.05) is 0 Å². The average Bonchev–Trinajstić information content (AvgIpc) is 3.74. The molecule has 0 amide bonds. The summed E-state index contributed by atoms with van der Waals surface area (Å²) in [4.78, 5) is 3.83. The lowest BCUT2D eigenvalue weighted by atomic mass is 9.84. The van der Waals surface area contributed by atoms with Gasteiger partial charge in [-0.2, -0.15) is 0 Å². The molecule has 232 valence electrons. The molecule has 0 aliphatic rings. The molecule has 0 saturated heterocycles. The van der Waals surface area contributed by atoms with Crippen LogP contribution in [0.1, 0.15) is 0 Å². The molecular formula is C48H29NO. The smallest absolute Gasteiger partial charge is 0.145 e. The Hall–Kier alpha value is -6.64. The van der Waals surface area contributed by atoms with Crippen LogP contribution in [-0.4, -0.2) is 4.98 Å². The molecule has 0 atom stereocenters. The van der Waals surface area contributed by atoms with Crippen LogP contribution in [0.15, 0.2) is 174 Å². The summed E-state index contributed by atoms with van der Waals surface area (Å²) >= 11 is 0. The number of rotatable bonds is 3. The maximum absolute atomic E-state index is 6.82. The summed E-state index contributed by atoms with van der Waals surface area (Å²) in [6.07, 6.45) is 0. The van der Waals surface area contributed by atoms with Crippen LogP contribution in [0, 0.1) is 0 Å². The molecule has 50 heavy (non-hydrogen) atoms. The summed E-state index contributed by atoms with van der Waals surface area (Å²) in [5, 5.41) is 12.0. The standard InChI is InChI=1S/C48H29NO/c1-2-12-32-27-33(26-23-29(32)11-1)30-21-24-31(25-22-30)44-36-15-3-5-17-38(36)45(39-18-6-4-16-37(39)44)46-47-40(34-13-7-9-19-42(34)49-47)28-41-35-14-8-10-20-43(35)50-48(41)46/h1-28,49H. The van der Waals surface area contributed by atoms with Crippen molar-refractivity contribution in [2.24, 2.45) is 0 Å². The van der Waals surface area contributed by atoms with E-state index >= 15 is 0 Å². The largest absolute Gasteiger partial charge is 0.455 e. The molecule has 0 radical (unpaired) electrons. The molecule has 11 aromatic rings. The number of aromatic amines is 1. The zero-order chi connectivity index (χ0) is 32.8. The second kappa shape index (κ2) is 10.4. The van der Waals surface area contributed by atoms with Gasteiger partial charge in [0.15, 0.2) is 0 Å². The quantitative estimate of drug-likeness (QED) is 0.192. The van der Waals surface area contributed by atoms with E-state index in [1.54, 1.807) is 0 Å². The number of H-pyrrole nitrogens is 1. The van der Waals surface area contributed by atoms with E-state index in [-0.39, 0.29) is 0 Å². The van der Waals surface area contributed by atoms with E-state index in [1.807, 2.05) is 0 Å². The molecule has 0 aliphatic heterocycles. The molecule has 2 aromatic heterocycles. The fourth-order valence-electron chi connectivity index (χ4n) is 8.31. The van der Waals surface area contributed by atoms with Crippen molar-refractivity contribution in [2.45, 2.75) is 0 Å². The molecule has 1 N–H and O–H groups in total. The molecular weight excluding hydrogens is 607 g/mol. The van der Waals surface area contributed by atoms with E-state index in [1.165, 1.54) is 70.9 Å². The zero-order valence-corrected chi connectivity index (χ0v) is 27.1. The monoisotopic (exact) mass is 635 g/mol. The Morgan fingerprint density at radius 3 is 1.64 bits per heavy atom. The van der Waals surface area contributed by atoms with Gasteiger partial charge in [-0.15, -0.1) is 0 Å². The lowest BCUT2D eigenvalue weighted by molar-refractivity contribution is 0.670. The highest BCUT2D eigenvalue weighted by atomic mass is 16.3. The van der Waals surface area contributed by atoms with Gasteiger partial charge < -0.3 is 9.40 Å². The summed E-state index contributed by atoms with van der Waals surface area (Å²) in [6, 6.07) is 61.4. The highest BCUT2D eigenvalue weighted by molar-refractivity contribution is 6.30. The van der Waals surface area contributed by atoms with Gasteiger partial charge in [-0.3, -0.25) is 0 Å². The summed E-state index contributed by atoms with van der Waals surface area (Å²) in [5.41, 5.74) is 11.2. The number of nitrogens with one attached hydrogen (secondary N) is 1. The summed E-state index contributed by atoms with van der Waals surface area (Å²) in [6.45, 7) is 0. The number of aromatic nitrogens is 1. The van der Waals surface area contributed by atoms with Crippen LogP contribution in [0.2, 0.25) is 0 Å². The van der Waals surface area contributed by atoms with Gasteiger partial charge in [-0.25, -0.2) is 0 Å². The third-order valence-corrected chi connectivity index (χ3v) is 10.6. The van der Waals surface area contributed by atoms with Gasteiger partial charge in [0.1, 0.15) is 11.2 Å². The molecule has 2 heteroatoms. The molecule has 0 aliphatic carbocycles. The van der Waals surface area contributed by atoms with Crippen LogP contribution in [0.5, 0.6) is 0 Å². The number of hydrogen-bond acceptors (Lipinski definition) is 1. The summed E-state index contributed by atoms with van der Waals surface area (Å²) < 4.78 is 6.82. The highest BCUT2D eigenvalue weighted by Crippen LogP contribution is 2.49. The van der Waals surface area contributed by atoms with Crippen LogP contribution >= 0.6 is 0 Å². The number of para-hydroxylation sites is 2. The molecule has 0 bridgehead atoms. The van der Waals surface area contributed by atoms with Crippen LogP contribution in [0.4, 0.5) is 0 Å². The summed E-state index contributed by atoms with van der Waals surface area (Å²) in [7, 11) is 0. The lowest BCUT2D eigenvalue weighted by Crippen LogP contribution is -1.92. The first kappa shape index (κ1) is 27.3. The molecule has 2 heterocycles. The molecule has 0 fully saturated rings. The van der Waals surface area contributed by atoms with Crippen LogP contribution < -0.4 is 0 Å². The second-order valence-corrected chi connectivity index (χ2v) is 13.3. The van der Waals surface area contributed by atoms with Crippen LogP contribution in [0.3, 0.4) is 0 Å². The Bertz CT molecular complexity index is 3000. The van der Waals surface area contributed by atoms with Gasteiger partial charge in [0.2, 0.25) is 0 Å². The van der Waals surface area contributed by atoms with Crippen LogP contribution in [-0.2, 0) is 0 Å². The third-order valence-electron chi connectivity index (χ3n) is 10.6. The summed E-state index contributed by atoms with van der Waals surface area (Å²) in [5.74, 6) is 0. The van der Waals surface area contributed by atoms with Crippen molar-refractivity contribution in [1.29, 1.82) is 0 Å². The van der Waals surface area contributed by atoms with Gasteiger partial charge in [0.25, 0.3) is 0 Å². The minimum atomic E-state index is 0.900. The maximum Gasteiger partial charge on any atom is 0.145 e. The van der Waals surface area contributed by atoms with Gasteiger partial charge in [0, 0.05) is 32.6 Å². The van der Waals surface area contributed by atoms with Crippen molar-refractivity contribution in [1.82, 2.24) is 4.98 Å². The van der Waals surface area contributed by atoms with Crippen LogP contribution in [0.25, 0.3) is 109 Å². The fourth-order valence-corrected chi connectivity index (χ4v) is 8.31. The van der Waals surface area contributed by atoms with E-state index in [0.29, 0.717) is 0 Å². The maximum atomic E-state index is 6.82. The van der Waals surface area contributed by atoms with Crippen molar-refractivity contribution in [3.8, 4) is 33.4 Å². The molecule has 0 unspecified atom stereocenters. The SMILES string of the molecule is c1ccc2cc(-c3ccc(-c4c5ccccc5c(-c5c6[nH]c7ccccc7c6cc6c5oc5ccccc56)c5ccccc45)cc3)ccc2c1. The first-order valence-electron chi connectivity index (χ1n) is 17.2. The van der Waals surface area contributed by atoms with E-state index in [4.69, 9.17) is 4.42 Å². The predicted molar refractivity (Wildman–Crippen MR) is 212 cm³/mol. The van der Waals surface area contributed by atoms with E-state index < -0.39 is 0 Å². The topological polar surface area (TPSA) is 28.9 Å². The molecule has 9 aromatic carbocycles. The normalized spacial score (nSPS) is 12.0. The molecule has 11 rings (SSSR count). The third kappa shape index (κ3) is 3.90.